The van der Waals surface area contributed by atoms with Gasteiger partial charge in [0.05, 0.1) is 5.69 Å². The smallest absolute Gasteiger partial charge is 0.125 e. The van der Waals surface area contributed by atoms with Crippen LogP contribution in [-0.2, 0) is 6.54 Å². The fourth-order valence-corrected chi connectivity index (χ4v) is 2.65. The predicted molar refractivity (Wildman–Crippen MR) is 67.5 cm³/mol. The van der Waals surface area contributed by atoms with Gasteiger partial charge < -0.3 is 4.90 Å². The molecule has 2 heterocycles. The Bertz CT molecular complexity index is 462. The van der Waals surface area contributed by atoms with Gasteiger partial charge in [-0.1, -0.05) is 0 Å². The normalized spacial score (nSPS) is 11.0. The van der Waals surface area contributed by atoms with Crippen LogP contribution in [0.3, 0.4) is 0 Å². The van der Waals surface area contributed by atoms with E-state index in [0.717, 1.165) is 22.8 Å². The zero-order chi connectivity index (χ0) is 11.5. The summed E-state index contributed by atoms with van der Waals surface area (Å²) in [5, 5.41) is 1.06. The van der Waals surface area contributed by atoms with E-state index < -0.39 is 0 Å². The van der Waals surface area contributed by atoms with Gasteiger partial charge in [-0.15, -0.1) is 11.3 Å². The van der Waals surface area contributed by atoms with E-state index in [0.29, 0.717) is 0 Å². The molecule has 0 spiro atoms. The average Bonchev–Trinajstić information content (AvgIpc) is 2.61. The van der Waals surface area contributed by atoms with E-state index in [1.54, 1.807) is 17.5 Å². The van der Waals surface area contributed by atoms with Crippen LogP contribution in [0.15, 0.2) is 24.5 Å². The Hall–Kier alpha value is -1.26. The van der Waals surface area contributed by atoms with Crippen molar-refractivity contribution in [2.45, 2.75) is 13.5 Å². The van der Waals surface area contributed by atoms with E-state index >= 15 is 0 Å². The van der Waals surface area contributed by atoms with Crippen LogP contribution in [0, 0.1) is 6.92 Å². The molecule has 0 radical (unpaired) electrons. The van der Waals surface area contributed by atoms with Crippen LogP contribution in [-0.4, -0.2) is 29.0 Å². The van der Waals surface area contributed by atoms with Gasteiger partial charge in [0.25, 0.3) is 0 Å². The van der Waals surface area contributed by atoms with E-state index in [-0.39, 0.29) is 0 Å². The van der Waals surface area contributed by atoms with Gasteiger partial charge in [-0.2, -0.15) is 0 Å². The minimum atomic E-state index is 0.948. The number of rotatable bonds is 3. The van der Waals surface area contributed by atoms with Gasteiger partial charge in [0.15, 0.2) is 0 Å². The van der Waals surface area contributed by atoms with Gasteiger partial charge in [0.1, 0.15) is 5.01 Å². The number of aromatic nitrogens is 2. The minimum absolute atomic E-state index is 0.948. The topological polar surface area (TPSA) is 29.0 Å². The SMILES string of the molecule is Cc1nc(-c2cccnc2)sc1CN(C)C. The minimum Gasteiger partial charge on any atom is -0.304 e. The Kier molecular flexibility index (Phi) is 3.31. The largest absolute Gasteiger partial charge is 0.304 e. The highest BCUT2D eigenvalue weighted by molar-refractivity contribution is 7.15. The van der Waals surface area contributed by atoms with Crippen LogP contribution >= 0.6 is 11.3 Å². The molecule has 0 saturated heterocycles. The summed E-state index contributed by atoms with van der Waals surface area (Å²) in [5.41, 5.74) is 2.22. The van der Waals surface area contributed by atoms with Crippen LogP contribution in [0.5, 0.6) is 0 Å². The zero-order valence-electron chi connectivity index (χ0n) is 9.77. The van der Waals surface area contributed by atoms with E-state index in [1.807, 2.05) is 18.3 Å². The van der Waals surface area contributed by atoms with Crippen molar-refractivity contribution in [2.24, 2.45) is 0 Å². The van der Waals surface area contributed by atoms with Crippen molar-refractivity contribution in [1.29, 1.82) is 0 Å². The number of hydrogen-bond acceptors (Lipinski definition) is 4. The maximum atomic E-state index is 4.59. The van der Waals surface area contributed by atoms with Crippen LogP contribution < -0.4 is 0 Å². The molecular weight excluding hydrogens is 218 g/mol. The Balaban J connectivity index is 2.31. The maximum absolute atomic E-state index is 4.59. The standard InChI is InChI=1S/C12H15N3S/c1-9-11(8-15(2)3)16-12(14-9)10-5-4-6-13-7-10/h4-7H,8H2,1-3H3. The Morgan fingerprint density at radius 1 is 1.38 bits per heavy atom. The molecule has 0 aliphatic heterocycles. The number of nitrogens with zero attached hydrogens (tertiary/aromatic N) is 3. The zero-order valence-corrected chi connectivity index (χ0v) is 10.6. The van der Waals surface area contributed by atoms with Crippen molar-refractivity contribution >= 4 is 11.3 Å². The molecule has 0 N–H and O–H groups in total. The Morgan fingerprint density at radius 2 is 2.19 bits per heavy atom. The first-order valence-electron chi connectivity index (χ1n) is 5.18. The van der Waals surface area contributed by atoms with Gasteiger partial charge in [0, 0.05) is 29.4 Å². The van der Waals surface area contributed by atoms with Crippen molar-refractivity contribution < 1.29 is 0 Å². The van der Waals surface area contributed by atoms with Crippen molar-refractivity contribution in [3.05, 3.63) is 35.1 Å². The van der Waals surface area contributed by atoms with E-state index in [9.17, 15) is 0 Å². The number of hydrogen-bond donors (Lipinski definition) is 0. The summed E-state index contributed by atoms with van der Waals surface area (Å²) < 4.78 is 0. The summed E-state index contributed by atoms with van der Waals surface area (Å²) in [6, 6.07) is 3.99. The maximum Gasteiger partial charge on any atom is 0.125 e. The molecule has 16 heavy (non-hydrogen) atoms. The Labute approximate surface area is 99.8 Å². The molecule has 2 rings (SSSR count). The van der Waals surface area contributed by atoms with Crippen molar-refractivity contribution in [3.63, 3.8) is 0 Å². The number of pyridine rings is 1. The second kappa shape index (κ2) is 4.72. The summed E-state index contributed by atoms with van der Waals surface area (Å²) >= 11 is 1.75. The molecule has 2 aromatic rings. The van der Waals surface area contributed by atoms with Crippen LogP contribution in [0.1, 0.15) is 10.6 Å². The summed E-state index contributed by atoms with van der Waals surface area (Å²) in [5.74, 6) is 0. The molecular formula is C12H15N3S. The quantitative estimate of drug-likeness (QED) is 0.816. The van der Waals surface area contributed by atoms with Gasteiger partial charge >= 0.3 is 0 Å². The molecule has 2 aromatic heterocycles. The lowest BCUT2D eigenvalue weighted by atomic mass is 10.3. The fourth-order valence-electron chi connectivity index (χ4n) is 1.47. The van der Waals surface area contributed by atoms with Gasteiger partial charge in [0.2, 0.25) is 0 Å². The number of thiazole rings is 1. The molecule has 0 aromatic carbocycles. The first-order valence-corrected chi connectivity index (χ1v) is 6.00. The highest BCUT2D eigenvalue weighted by atomic mass is 32.1. The second-order valence-corrected chi connectivity index (χ2v) is 5.09. The third-order valence-electron chi connectivity index (χ3n) is 2.26. The summed E-state index contributed by atoms with van der Waals surface area (Å²) in [6.45, 7) is 3.01. The van der Waals surface area contributed by atoms with Crippen LogP contribution in [0.4, 0.5) is 0 Å². The van der Waals surface area contributed by atoms with Crippen LogP contribution in [0.2, 0.25) is 0 Å². The van der Waals surface area contributed by atoms with Crippen molar-refractivity contribution in [1.82, 2.24) is 14.9 Å². The lowest BCUT2D eigenvalue weighted by Crippen LogP contribution is -2.10. The van der Waals surface area contributed by atoms with Gasteiger partial charge in [-0.05, 0) is 33.2 Å². The summed E-state index contributed by atoms with van der Waals surface area (Å²) in [6.07, 6.45) is 3.64. The molecule has 84 valence electrons. The molecule has 0 saturated carbocycles. The summed E-state index contributed by atoms with van der Waals surface area (Å²) in [7, 11) is 4.14. The molecule has 0 amide bonds. The second-order valence-electron chi connectivity index (χ2n) is 4.01. The molecule has 0 unspecified atom stereocenters. The average molecular weight is 233 g/mol. The predicted octanol–water partition coefficient (Wildman–Crippen LogP) is 2.58. The third kappa shape index (κ3) is 2.46. The highest BCUT2D eigenvalue weighted by Gasteiger charge is 2.09. The molecule has 0 fully saturated rings. The molecule has 3 nitrogen and oxygen atoms in total. The molecule has 0 bridgehead atoms. The molecule has 0 aliphatic rings. The lowest BCUT2D eigenvalue weighted by molar-refractivity contribution is 0.405. The third-order valence-corrected chi connectivity index (χ3v) is 3.45. The first-order chi connectivity index (χ1) is 7.66. The van der Waals surface area contributed by atoms with Crippen molar-refractivity contribution in [3.8, 4) is 10.6 Å². The molecule has 0 aliphatic carbocycles. The van der Waals surface area contributed by atoms with Crippen molar-refractivity contribution in [2.75, 3.05) is 14.1 Å². The fraction of sp³-hybridized carbons (Fsp3) is 0.333. The number of aryl methyl sites for hydroxylation is 1. The summed E-state index contributed by atoms with van der Waals surface area (Å²) in [4.78, 5) is 12.2. The van der Waals surface area contributed by atoms with Gasteiger partial charge in [-0.25, -0.2) is 4.98 Å². The highest BCUT2D eigenvalue weighted by Crippen LogP contribution is 2.27. The molecule has 4 heteroatoms. The van der Waals surface area contributed by atoms with Gasteiger partial charge in [-0.3, -0.25) is 4.98 Å². The monoisotopic (exact) mass is 233 g/mol. The Morgan fingerprint density at radius 3 is 2.81 bits per heavy atom. The van der Waals surface area contributed by atoms with E-state index in [2.05, 4.69) is 35.9 Å². The molecule has 0 atom stereocenters. The lowest BCUT2D eigenvalue weighted by Gasteiger charge is -2.06. The van der Waals surface area contributed by atoms with E-state index in [1.165, 1.54) is 4.88 Å². The first kappa shape index (κ1) is 11.2. The van der Waals surface area contributed by atoms with Crippen LogP contribution in [0.25, 0.3) is 10.6 Å². The van der Waals surface area contributed by atoms with E-state index in [4.69, 9.17) is 0 Å².